The van der Waals surface area contributed by atoms with E-state index in [2.05, 4.69) is 44.3 Å². The first-order chi connectivity index (χ1) is 10.1. The van der Waals surface area contributed by atoms with Crippen molar-refractivity contribution in [1.82, 2.24) is 14.8 Å². The van der Waals surface area contributed by atoms with Crippen LogP contribution in [0.15, 0.2) is 22.8 Å². The van der Waals surface area contributed by atoms with Crippen LogP contribution in [0.5, 0.6) is 0 Å². The van der Waals surface area contributed by atoms with Crippen molar-refractivity contribution in [2.45, 2.75) is 25.8 Å². The molecule has 0 bridgehead atoms. The first-order valence-electron chi connectivity index (χ1n) is 6.77. The van der Waals surface area contributed by atoms with E-state index in [4.69, 9.17) is 5.73 Å². The molecule has 7 heteroatoms. The van der Waals surface area contributed by atoms with E-state index in [1.165, 1.54) is 17.5 Å². The van der Waals surface area contributed by atoms with Crippen LogP contribution in [0.3, 0.4) is 0 Å². The molecule has 1 saturated carbocycles. The van der Waals surface area contributed by atoms with Gasteiger partial charge < -0.3 is 11.1 Å². The fraction of sp³-hybridized carbons (Fsp3) is 0.357. The number of nitrogens with two attached hydrogens (primary N) is 1. The zero-order chi connectivity index (χ0) is 15.0. The maximum Gasteiger partial charge on any atom is 0.169 e. The van der Waals surface area contributed by atoms with Gasteiger partial charge in [0.1, 0.15) is 17.5 Å². The Morgan fingerprint density at radius 1 is 1.52 bits per heavy atom. The molecule has 0 radical (unpaired) electrons. The lowest BCUT2D eigenvalue weighted by Gasteiger charge is -2.11. The van der Waals surface area contributed by atoms with Crippen molar-refractivity contribution in [3.8, 4) is 11.9 Å². The monoisotopic (exact) mass is 346 g/mol. The van der Waals surface area contributed by atoms with Crippen LogP contribution in [0.2, 0.25) is 0 Å². The summed E-state index contributed by atoms with van der Waals surface area (Å²) in [4.78, 5) is 4.26. The summed E-state index contributed by atoms with van der Waals surface area (Å²) in [5.74, 6) is 2.07. The van der Waals surface area contributed by atoms with Crippen molar-refractivity contribution >= 4 is 27.6 Å². The summed E-state index contributed by atoms with van der Waals surface area (Å²) in [5.41, 5.74) is 6.41. The van der Waals surface area contributed by atoms with E-state index in [0.717, 1.165) is 4.47 Å². The molecule has 6 nitrogen and oxygen atoms in total. The second-order valence-electron chi connectivity index (χ2n) is 5.24. The normalized spacial score (nSPS) is 15.5. The van der Waals surface area contributed by atoms with Gasteiger partial charge in [-0.3, -0.25) is 0 Å². The molecule has 1 aliphatic rings. The highest BCUT2D eigenvalue weighted by molar-refractivity contribution is 9.10. The molecule has 3 rings (SSSR count). The zero-order valence-electron chi connectivity index (χ0n) is 11.5. The van der Waals surface area contributed by atoms with Gasteiger partial charge in [-0.05, 0) is 53.7 Å². The number of rotatable bonds is 4. The number of nitrogens with one attached hydrogen (secondary N) is 1. The van der Waals surface area contributed by atoms with Gasteiger partial charge in [0.15, 0.2) is 11.6 Å². The maximum atomic E-state index is 9.32. The average molecular weight is 347 g/mol. The molecule has 3 N–H and O–H groups in total. The van der Waals surface area contributed by atoms with Crippen molar-refractivity contribution in [2.75, 3.05) is 11.1 Å². The first kappa shape index (κ1) is 13.9. The quantitative estimate of drug-likeness (QED) is 0.887. The Kier molecular flexibility index (Phi) is 3.55. The smallest absolute Gasteiger partial charge is 0.169 e. The molecule has 0 spiro atoms. The van der Waals surface area contributed by atoms with Gasteiger partial charge in [0.25, 0.3) is 0 Å². The summed E-state index contributed by atoms with van der Waals surface area (Å²) in [5, 5.41) is 17.0. The number of nitrogen functional groups attached to an aromatic ring is 1. The van der Waals surface area contributed by atoms with Gasteiger partial charge in [0, 0.05) is 16.7 Å². The molecule has 1 atom stereocenters. The maximum absolute atomic E-state index is 9.32. The molecule has 0 aliphatic heterocycles. The predicted molar refractivity (Wildman–Crippen MR) is 84.0 cm³/mol. The van der Waals surface area contributed by atoms with Gasteiger partial charge >= 0.3 is 0 Å². The van der Waals surface area contributed by atoms with Crippen LogP contribution >= 0.6 is 15.9 Å². The Labute approximate surface area is 131 Å². The zero-order valence-corrected chi connectivity index (χ0v) is 13.1. The highest BCUT2D eigenvalue weighted by Gasteiger charge is 2.29. The third-order valence-electron chi connectivity index (χ3n) is 3.66. The summed E-state index contributed by atoms with van der Waals surface area (Å²) in [6, 6.07) is 6.06. The Bertz CT molecular complexity index is 695. The number of nitriles is 1. The highest BCUT2D eigenvalue weighted by atomic mass is 79.9. The van der Waals surface area contributed by atoms with Crippen LogP contribution in [0.25, 0.3) is 5.82 Å². The molecule has 0 saturated heterocycles. The van der Waals surface area contributed by atoms with Crippen LogP contribution in [0, 0.1) is 17.2 Å². The summed E-state index contributed by atoms with van der Waals surface area (Å²) < 4.78 is 2.37. The molecule has 21 heavy (non-hydrogen) atoms. The molecule has 2 aromatic rings. The van der Waals surface area contributed by atoms with Crippen LogP contribution < -0.4 is 11.1 Å². The van der Waals surface area contributed by atoms with Crippen molar-refractivity contribution < 1.29 is 0 Å². The summed E-state index contributed by atoms with van der Waals surface area (Å²) >= 11 is 3.34. The summed E-state index contributed by atoms with van der Waals surface area (Å²) in [7, 11) is 0. The number of pyridine rings is 1. The lowest BCUT2D eigenvalue weighted by molar-refractivity contribution is 0.687. The average Bonchev–Trinajstić information content (AvgIpc) is 3.26. The number of halogens is 1. The molecule has 2 heterocycles. The largest absolute Gasteiger partial charge is 0.382 e. The molecular weight excluding hydrogens is 332 g/mol. The van der Waals surface area contributed by atoms with Gasteiger partial charge in [-0.15, -0.1) is 5.10 Å². The van der Waals surface area contributed by atoms with Gasteiger partial charge in [-0.25, -0.2) is 4.98 Å². The van der Waals surface area contributed by atoms with E-state index in [9.17, 15) is 5.26 Å². The van der Waals surface area contributed by atoms with Crippen molar-refractivity contribution in [3.05, 3.63) is 28.4 Å². The van der Waals surface area contributed by atoms with Crippen molar-refractivity contribution in [2.24, 2.45) is 5.92 Å². The number of anilines is 2. The number of aromatic nitrogens is 3. The van der Waals surface area contributed by atoms with E-state index in [1.54, 1.807) is 12.3 Å². The third kappa shape index (κ3) is 2.72. The van der Waals surface area contributed by atoms with Gasteiger partial charge in [0.2, 0.25) is 0 Å². The standard InChI is InChI=1S/C14H15BrN6/c1-8(9-2-3-9)19-14-11(6-16)13(17)21(20-14)12-5-4-10(15)7-18-12/h4-5,7-9H,2-3,17H2,1H3,(H,19,20). The molecule has 0 aromatic carbocycles. The number of nitrogens with zero attached hydrogens (tertiary/aromatic N) is 4. The summed E-state index contributed by atoms with van der Waals surface area (Å²) in [6.07, 6.45) is 4.11. The van der Waals surface area contributed by atoms with E-state index >= 15 is 0 Å². The second-order valence-corrected chi connectivity index (χ2v) is 6.15. The SMILES string of the molecule is CC(Nc1nn(-c2ccc(Br)cn2)c(N)c1C#N)C1CC1. The van der Waals surface area contributed by atoms with Crippen LogP contribution in [-0.4, -0.2) is 20.8 Å². The fourth-order valence-electron chi connectivity index (χ4n) is 2.24. The molecular formula is C14H15BrN6. The van der Waals surface area contributed by atoms with Gasteiger partial charge in [-0.2, -0.15) is 9.94 Å². The summed E-state index contributed by atoms with van der Waals surface area (Å²) in [6.45, 7) is 2.10. The van der Waals surface area contributed by atoms with E-state index in [0.29, 0.717) is 28.9 Å². The van der Waals surface area contributed by atoms with Gasteiger partial charge in [0.05, 0.1) is 0 Å². The lowest BCUT2D eigenvalue weighted by Crippen LogP contribution is -2.18. The molecule has 1 unspecified atom stereocenters. The third-order valence-corrected chi connectivity index (χ3v) is 4.12. The molecule has 0 amide bonds. The van der Waals surface area contributed by atoms with E-state index in [-0.39, 0.29) is 6.04 Å². The number of hydrogen-bond donors (Lipinski definition) is 2. The second kappa shape index (κ2) is 5.37. The van der Waals surface area contributed by atoms with Crippen LogP contribution in [0.1, 0.15) is 25.3 Å². The molecule has 108 valence electrons. The first-order valence-corrected chi connectivity index (χ1v) is 7.56. The number of hydrogen-bond acceptors (Lipinski definition) is 5. The van der Waals surface area contributed by atoms with Gasteiger partial charge in [-0.1, -0.05) is 0 Å². The minimum atomic E-state index is 0.290. The van der Waals surface area contributed by atoms with E-state index < -0.39 is 0 Å². The Balaban J connectivity index is 1.96. The molecule has 1 fully saturated rings. The van der Waals surface area contributed by atoms with Crippen molar-refractivity contribution in [3.63, 3.8) is 0 Å². The molecule has 1 aliphatic carbocycles. The Hall–Kier alpha value is -2.07. The van der Waals surface area contributed by atoms with Crippen molar-refractivity contribution in [1.29, 1.82) is 5.26 Å². The predicted octanol–water partition coefficient (Wildman–Crippen LogP) is 2.69. The fourth-order valence-corrected chi connectivity index (χ4v) is 2.47. The molecule has 2 aromatic heterocycles. The highest BCUT2D eigenvalue weighted by Crippen LogP contribution is 2.35. The van der Waals surface area contributed by atoms with E-state index in [1.807, 2.05) is 6.07 Å². The Morgan fingerprint density at radius 3 is 2.86 bits per heavy atom. The minimum absolute atomic E-state index is 0.290. The minimum Gasteiger partial charge on any atom is -0.382 e. The van der Waals surface area contributed by atoms with Crippen LogP contribution in [0.4, 0.5) is 11.6 Å². The van der Waals surface area contributed by atoms with Crippen LogP contribution in [-0.2, 0) is 0 Å². The lowest BCUT2D eigenvalue weighted by atomic mass is 10.2. The Morgan fingerprint density at radius 2 is 2.29 bits per heavy atom. The topological polar surface area (TPSA) is 92.6 Å².